The van der Waals surface area contributed by atoms with E-state index in [1.807, 2.05) is 0 Å². The van der Waals surface area contributed by atoms with Gasteiger partial charge in [0, 0.05) is 6.61 Å². The Morgan fingerprint density at radius 1 is 1.56 bits per heavy atom. The van der Waals surface area contributed by atoms with E-state index in [9.17, 15) is 19.1 Å². The van der Waals surface area contributed by atoms with Gasteiger partial charge in [0.25, 0.3) is 5.56 Å². The summed E-state index contributed by atoms with van der Waals surface area (Å²) in [6.45, 7) is 3.90. The van der Waals surface area contributed by atoms with Gasteiger partial charge in [-0.05, 0) is 13.8 Å². The molecule has 1 aromatic heterocycles. The Labute approximate surface area is 90.3 Å². The number of hydrogen-bond acceptors (Lipinski definition) is 4. The average Bonchev–Trinajstić information content (AvgIpc) is 2.23. The molecule has 0 aliphatic heterocycles. The Morgan fingerprint density at radius 3 is 2.75 bits per heavy atom. The zero-order chi connectivity index (χ0) is 12.3. The predicted octanol–water partition coefficient (Wildman–Crippen LogP) is -0.0212. The molecule has 7 heteroatoms. The zero-order valence-corrected chi connectivity index (χ0v) is 8.99. The Hall–Kier alpha value is -1.63. The quantitative estimate of drug-likeness (QED) is 0.764. The van der Waals surface area contributed by atoms with Crippen LogP contribution < -0.4 is 11.2 Å². The lowest BCUT2D eigenvalue weighted by molar-refractivity contribution is 0.113. The highest BCUT2D eigenvalue weighted by Gasteiger charge is 2.17. The summed E-state index contributed by atoms with van der Waals surface area (Å²) >= 11 is 0. The van der Waals surface area contributed by atoms with Gasteiger partial charge in [0.2, 0.25) is 11.7 Å². The molecule has 1 rings (SSSR count). The maximum atomic E-state index is 13.1. The number of rotatable bonds is 4. The monoisotopic (exact) mass is 232 g/mol. The highest BCUT2D eigenvalue weighted by atomic mass is 19.1. The van der Waals surface area contributed by atoms with Crippen LogP contribution in [0.15, 0.2) is 9.59 Å². The first-order chi connectivity index (χ1) is 7.49. The molecule has 0 fully saturated rings. The summed E-state index contributed by atoms with van der Waals surface area (Å²) in [5.74, 6) is -2.34. The maximum absolute atomic E-state index is 13.1. The van der Waals surface area contributed by atoms with Gasteiger partial charge in [-0.3, -0.25) is 14.3 Å². The van der Waals surface area contributed by atoms with Gasteiger partial charge in [-0.2, -0.15) is 4.39 Å². The third kappa shape index (κ3) is 2.30. The van der Waals surface area contributed by atoms with Gasteiger partial charge < -0.3 is 9.84 Å². The highest BCUT2D eigenvalue weighted by Crippen LogP contribution is 2.14. The van der Waals surface area contributed by atoms with E-state index in [0.29, 0.717) is 6.61 Å². The van der Waals surface area contributed by atoms with Crippen LogP contribution in [-0.4, -0.2) is 27.9 Å². The number of H-pyrrole nitrogens is 1. The van der Waals surface area contributed by atoms with E-state index in [1.165, 1.54) is 0 Å². The summed E-state index contributed by atoms with van der Waals surface area (Å²) in [7, 11) is 0. The lowest BCUT2D eigenvalue weighted by Crippen LogP contribution is -2.34. The lowest BCUT2D eigenvalue weighted by atomic mass is 10.3. The molecule has 0 amide bonds. The van der Waals surface area contributed by atoms with Crippen molar-refractivity contribution in [3.05, 3.63) is 26.7 Å². The maximum Gasteiger partial charge on any atom is 0.331 e. The number of aromatic amines is 1. The van der Waals surface area contributed by atoms with E-state index in [2.05, 4.69) is 0 Å². The van der Waals surface area contributed by atoms with Crippen LogP contribution in [0, 0.1) is 5.82 Å². The van der Waals surface area contributed by atoms with Gasteiger partial charge in [-0.15, -0.1) is 0 Å². The second kappa shape index (κ2) is 4.93. The third-order valence-corrected chi connectivity index (χ3v) is 2.07. The van der Waals surface area contributed by atoms with E-state index in [4.69, 9.17) is 4.74 Å². The van der Waals surface area contributed by atoms with Crippen molar-refractivity contribution in [2.75, 3.05) is 13.2 Å². The van der Waals surface area contributed by atoms with Crippen molar-refractivity contribution in [1.29, 1.82) is 0 Å². The summed E-state index contributed by atoms with van der Waals surface area (Å²) in [6.07, 6.45) is 0. The first-order valence-electron chi connectivity index (χ1n) is 4.80. The largest absolute Gasteiger partial charge is 0.492 e. The summed E-state index contributed by atoms with van der Waals surface area (Å²) in [6, 6.07) is -0.571. The number of halogens is 1. The fourth-order valence-electron chi connectivity index (χ4n) is 1.29. The van der Waals surface area contributed by atoms with Crippen LogP contribution in [0.25, 0.3) is 0 Å². The number of hydrogen-bond donors (Lipinski definition) is 2. The first-order valence-corrected chi connectivity index (χ1v) is 4.80. The van der Waals surface area contributed by atoms with Crippen molar-refractivity contribution in [3.63, 3.8) is 0 Å². The molecule has 16 heavy (non-hydrogen) atoms. The van der Waals surface area contributed by atoms with Crippen molar-refractivity contribution in [3.8, 4) is 5.88 Å². The van der Waals surface area contributed by atoms with Crippen LogP contribution in [0.4, 0.5) is 4.39 Å². The van der Waals surface area contributed by atoms with Gasteiger partial charge in [-0.1, -0.05) is 0 Å². The number of nitrogens with zero attached hydrogens (tertiary/aromatic N) is 1. The van der Waals surface area contributed by atoms with Crippen LogP contribution in [0.5, 0.6) is 5.88 Å². The molecule has 90 valence electrons. The molecule has 6 nitrogen and oxygen atoms in total. The average molecular weight is 232 g/mol. The lowest BCUT2D eigenvalue weighted by Gasteiger charge is -2.15. The van der Waals surface area contributed by atoms with Crippen molar-refractivity contribution >= 4 is 0 Å². The molecule has 1 atom stereocenters. The molecule has 0 aliphatic carbocycles. The molecule has 0 saturated heterocycles. The summed E-state index contributed by atoms with van der Waals surface area (Å²) in [5, 5.41) is 9.34. The molecule has 0 aromatic carbocycles. The molecule has 0 spiro atoms. The fourth-order valence-corrected chi connectivity index (χ4v) is 1.29. The summed E-state index contributed by atoms with van der Waals surface area (Å²) < 4.78 is 18.8. The second-order valence-corrected chi connectivity index (χ2v) is 3.28. The van der Waals surface area contributed by atoms with Crippen molar-refractivity contribution < 1.29 is 14.2 Å². The first kappa shape index (κ1) is 12.4. The topological polar surface area (TPSA) is 84.3 Å². The normalized spacial score (nSPS) is 12.7. The van der Waals surface area contributed by atoms with E-state index in [1.54, 1.807) is 18.8 Å². The third-order valence-electron chi connectivity index (χ3n) is 2.07. The minimum atomic E-state index is -1.37. The second-order valence-electron chi connectivity index (χ2n) is 3.28. The number of ether oxygens (including phenoxy) is 1. The molecule has 0 saturated carbocycles. The van der Waals surface area contributed by atoms with Crippen LogP contribution in [0.3, 0.4) is 0 Å². The fraction of sp³-hybridized carbons (Fsp3) is 0.556. The van der Waals surface area contributed by atoms with Gasteiger partial charge in [0.05, 0.1) is 12.6 Å². The number of nitrogens with one attached hydrogen (secondary N) is 1. The van der Waals surface area contributed by atoms with Gasteiger partial charge in [-0.25, -0.2) is 4.79 Å². The van der Waals surface area contributed by atoms with Crippen LogP contribution in [0.1, 0.15) is 19.9 Å². The zero-order valence-electron chi connectivity index (χ0n) is 8.99. The van der Waals surface area contributed by atoms with Crippen LogP contribution >= 0.6 is 0 Å². The molecule has 1 aromatic rings. The number of aromatic hydroxyl groups is 1. The van der Waals surface area contributed by atoms with Crippen LogP contribution in [-0.2, 0) is 4.74 Å². The molecule has 0 bridgehead atoms. The Balaban J connectivity index is 3.18. The SMILES string of the molecule is CCOCC(C)n1c(O)c(F)c(=O)[nH]c1=O. The van der Waals surface area contributed by atoms with Crippen molar-refractivity contribution in [2.45, 2.75) is 19.9 Å². The van der Waals surface area contributed by atoms with E-state index < -0.39 is 29.0 Å². The van der Waals surface area contributed by atoms with E-state index in [-0.39, 0.29) is 6.61 Å². The molecule has 1 unspecified atom stereocenters. The highest BCUT2D eigenvalue weighted by molar-refractivity contribution is 5.10. The summed E-state index contributed by atoms with van der Waals surface area (Å²) in [5.41, 5.74) is -2.10. The Morgan fingerprint density at radius 2 is 2.19 bits per heavy atom. The molecule has 1 heterocycles. The number of aromatic nitrogens is 2. The smallest absolute Gasteiger partial charge is 0.331 e. The summed E-state index contributed by atoms with van der Waals surface area (Å²) in [4.78, 5) is 23.9. The standard InChI is InChI=1S/C9H13FN2O4/c1-3-16-4-5(2)12-8(14)6(10)7(13)11-9(12)15/h5,14H,3-4H2,1-2H3,(H,11,13,15). The van der Waals surface area contributed by atoms with Crippen molar-refractivity contribution in [1.82, 2.24) is 9.55 Å². The van der Waals surface area contributed by atoms with Gasteiger partial charge >= 0.3 is 5.69 Å². The predicted molar refractivity (Wildman–Crippen MR) is 54.1 cm³/mol. The minimum absolute atomic E-state index is 0.134. The van der Waals surface area contributed by atoms with Crippen molar-refractivity contribution in [2.24, 2.45) is 0 Å². The van der Waals surface area contributed by atoms with E-state index in [0.717, 1.165) is 4.57 Å². The minimum Gasteiger partial charge on any atom is -0.492 e. The van der Waals surface area contributed by atoms with Crippen LogP contribution in [0.2, 0.25) is 0 Å². The molecule has 2 N–H and O–H groups in total. The van der Waals surface area contributed by atoms with Gasteiger partial charge in [0.15, 0.2) is 0 Å². The van der Waals surface area contributed by atoms with E-state index >= 15 is 0 Å². The molecule has 0 radical (unpaired) electrons. The molecular formula is C9H13FN2O4. The van der Waals surface area contributed by atoms with Gasteiger partial charge in [0.1, 0.15) is 0 Å². The Bertz CT molecular complexity index is 479. The Kier molecular flexibility index (Phi) is 3.83. The molecule has 0 aliphatic rings. The molecular weight excluding hydrogens is 219 g/mol.